The number of amides is 4. The van der Waals surface area contributed by atoms with E-state index < -0.39 is 17.8 Å². The maximum atomic E-state index is 12.9. The maximum Gasteiger partial charge on any atom is 0.335 e. The minimum Gasteiger partial charge on any atom is -0.497 e. The number of nitrogens with zero attached hydrogens (tertiary/aromatic N) is 1. The molecule has 0 spiro atoms. The van der Waals surface area contributed by atoms with Gasteiger partial charge in [-0.15, -0.1) is 0 Å². The maximum absolute atomic E-state index is 12.9. The van der Waals surface area contributed by atoms with Gasteiger partial charge in [-0.1, -0.05) is 6.07 Å². The van der Waals surface area contributed by atoms with Crippen molar-refractivity contribution >= 4 is 29.6 Å². The number of carbonyl (C=O) groups is 3. The van der Waals surface area contributed by atoms with Crippen molar-refractivity contribution in [3.63, 3.8) is 0 Å². The Labute approximate surface area is 161 Å². The molecule has 0 bridgehead atoms. The summed E-state index contributed by atoms with van der Waals surface area (Å²) >= 11 is 0. The Bertz CT molecular complexity index is 965. The minimum absolute atomic E-state index is 0.178. The number of nitrogens with one attached hydrogen (secondary N) is 1. The van der Waals surface area contributed by atoms with Crippen LogP contribution in [0.25, 0.3) is 6.08 Å². The van der Waals surface area contributed by atoms with E-state index in [1.54, 1.807) is 42.5 Å². The number of hydrogen-bond donors (Lipinski definition) is 1. The predicted octanol–water partition coefficient (Wildman–Crippen LogP) is 2.38. The number of hydrogen-bond acceptors (Lipinski definition) is 6. The van der Waals surface area contributed by atoms with Gasteiger partial charge in [0.15, 0.2) is 11.5 Å². The zero-order valence-corrected chi connectivity index (χ0v) is 15.5. The van der Waals surface area contributed by atoms with Gasteiger partial charge in [-0.2, -0.15) is 0 Å². The lowest BCUT2D eigenvalue weighted by Crippen LogP contribution is -2.54. The third-order valence-electron chi connectivity index (χ3n) is 4.15. The van der Waals surface area contributed by atoms with E-state index in [-0.39, 0.29) is 5.57 Å². The summed E-state index contributed by atoms with van der Waals surface area (Å²) in [5.41, 5.74) is 0.678. The molecule has 3 rings (SSSR count). The molecule has 2 aromatic carbocycles. The van der Waals surface area contributed by atoms with Gasteiger partial charge in [-0.3, -0.25) is 14.9 Å². The number of ether oxygens (including phenoxy) is 3. The predicted molar refractivity (Wildman–Crippen MR) is 102 cm³/mol. The van der Waals surface area contributed by atoms with Crippen LogP contribution < -0.4 is 24.4 Å². The zero-order valence-electron chi connectivity index (χ0n) is 15.5. The van der Waals surface area contributed by atoms with Crippen LogP contribution in [0.4, 0.5) is 10.5 Å². The molecule has 1 N–H and O–H groups in total. The molecule has 2 aromatic rings. The van der Waals surface area contributed by atoms with Gasteiger partial charge in [0.25, 0.3) is 11.8 Å². The number of urea groups is 1. The lowest BCUT2D eigenvalue weighted by Gasteiger charge is -2.26. The van der Waals surface area contributed by atoms with Crippen molar-refractivity contribution in [1.82, 2.24) is 5.32 Å². The second kappa shape index (κ2) is 7.83. The van der Waals surface area contributed by atoms with Crippen LogP contribution in [-0.4, -0.2) is 39.2 Å². The highest BCUT2D eigenvalue weighted by atomic mass is 16.5. The summed E-state index contributed by atoms with van der Waals surface area (Å²) in [6, 6.07) is 10.5. The first-order chi connectivity index (χ1) is 13.5. The van der Waals surface area contributed by atoms with Crippen LogP contribution in [0.1, 0.15) is 5.56 Å². The molecule has 0 aliphatic carbocycles. The van der Waals surface area contributed by atoms with E-state index in [1.807, 2.05) is 0 Å². The summed E-state index contributed by atoms with van der Waals surface area (Å²) in [5, 5.41) is 2.18. The Morgan fingerprint density at radius 1 is 0.857 bits per heavy atom. The van der Waals surface area contributed by atoms with Crippen LogP contribution >= 0.6 is 0 Å². The Kier molecular flexibility index (Phi) is 5.30. The third-order valence-corrected chi connectivity index (χ3v) is 4.15. The van der Waals surface area contributed by atoms with Crippen LogP contribution in [0.15, 0.2) is 48.0 Å². The third kappa shape index (κ3) is 3.52. The molecule has 0 radical (unpaired) electrons. The first kappa shape index (κ1) is 19.0. The summed E-state index contributed by atoms with van der Waals surface area (Å²) < 4.78 is 15.5. The van der Waals surface area contributed by atoms with Crippen LogP contribution in [0, 0.1) is 0 Å². The second-order valence-corrected chi connectivity index (χ2v) is 5.77. The van der Waals surface area contributed by atoms with Gasteiger partial charge in [0.2, 0.25) is 0 Å². The van der Waals surface area contributed by atoms with Crippen LogP contribution in [0.5, 0.6) is 17.2 Å². The largest absolute Gasteiger partial charge is 0.497 e. The molecule has 8 heteroatoms. The second-order valence-electron chi connectivity index (χ2n) is 5.77. The number of imide groups is 2. The van der Waals surface area contributed by atoms with Gasteiger partial charge in [-0.25, -0.2) is 9.69 Å². The molecular formula is C20H18N2O6. The number of carbonyl (C=O) groups excluding carboxylic acids is 3. The molecule has 1 aliphatic heterocycles. The van der Waals surface area contributed by atoms with Gasteiger partial charge in [0, 0.05) is 0 Å². The van der Waals surface area contributed by atoms with Crippen molar-refractivity contribution in [2.45, 2.75) is 0 Å². The quantitative estimate of drug-likeness (QED) is 0.630. The highest BCUT2D eigenvalue weighted by Gasteiger charge is 2.36. The fourth-order valence-corrected chi connectivity index (χ4v) is 2.73. The Morgan fingerprint density at radius 3 is 2.14 bits per heavy atom. The number of methoxy groups -OCH3 is 3. The van der Waals surface area contributed by atoms with Crippen LogP contribution in [0.3, 0.4) is 0 Å². The number of rotatable bonds is 5. The normalized spacial score (nSPS) is 15.5. The number of anilines is 1. The molecule has 4 amide bonds. The van der Waals surface area contributed by atoms with E-state index in [0.717, 1.165) is 4.90 Å². The van der Waals surface area contributed by atoms with Crippen LogP contribution in [0.2, 0.25) is 0 Å². The Morgan fingerprint density at radius 2 is 1.54 bits per heavy atom. The van der Waals surface area contributed by atoms with Gasteiger partial charge in [0.1, 0.15) is 11.3 Å². The summed E-state index contributed by atoms with van der Waals surface area (Å²) in [6.45, 7) is 0. The van der Waals surface area contributed by atoms with Crippen molar-refractivity contribution in [1.29, 1.82) is 0 Å². The first-order valence-corrected chi connectivity index (χ1v) is 8.26. The molecule has 0 unspecified atom stereocenters. The Hall–Kier alpha value is -3.81. The van der Waals surface area contributed by atoms with Gasteiger partial charge in [-0.05, 0) is 48.0 Å². The van der Waals surface area contributed by atoms with E-state index in [4.69, 9.17) is 14.2 Å². The summed E-state index contributed by atoms with van der Waals surface area (Å²) in [4.78, 5) is 38.2. The Balaban J connectivity index is 1.98. The van der Waals surface area contributed by atoms with Crippen LogP contribution in [-0.2, 0) is 9.59 Å². The van der Waals surface area contributed by atoms with E-state index >= 15 is 0 Å². The van der Waals surface area contributed by atoms with Crippen molar-refractivity contribution in [3.8, 4) is 17.2 Å². The SMILES string of the molecule is COc1ccc(N2C(=O)NC(=O)/C(=C\c3ccc(OC)c(OC)c3)C2=O)cc1. The van der Waals surface area contributed by atoms with Crippen molar-refractivity contribution in [2.75, 3.05) is 26.2 Å². The molecule has 0 atom stereocenters. The average molecular weight is 382 g/mol. The molecule has 0 saturated carbocycles. The summed E-state index contributed by atoms with van der Waals surface area (Å²) in [7, 11) is 4.50. The van der Waals surface area contributed by atoms with E-state index in [9.17, 15) is 14.4 Å². The summed E-state index contributed by atoms with van der Waals surface area (Å²) in [5.74, 6) is 0.0387. The highest BCUT2D eigenvalue weighted by molar-refractivity contribution is 6.39. The molecule has 1 aliphatic rings. The fraction of sp³-hybridized carbons (Fsp3) is 0.150. The molecule has 1 fully saturated rings. The van der Waals surface area contributed by atoms with Crippen molar-refractivity contribution in [3.05, 3.63) is 53.6 Å². The molecule has 0 aromatic heterocycles. The lowest BCUT2D eigenvalue weighted by molar-refractivity contribution is -0.122. The highest BCUT2D eigenvalue weighted by Crippen LogP contribution is 2.29. The standard InChI is InChI=1S/C20H18N2O6/c1-26-14-7-5-13(6-8-14)22-19(24)15(18(23)21-20(22)25)10-12-4-9-16(27-2)17(11-12)28-3/h4-11H,1-3H3,(H,21,23,25)/b15-10+. The average Bonchev–Trinajstić information content (AvgIpc) is 2.71. The molecule has 1 saturated heterocycles. The molecule has 8 nitrogen and oxygen atoms in total. The summed E-state index contributed by atoms with van der Waals surface area (Å²) in [6.07, 6.45) is 1.39. The molecule has 28 heavy (non-hydrogen) atoms. The number of benzene rings is 2. The molecular weight excluding hydrogens is 364 g/mol. The smallest absolute Gasteiger partial charge is 0.335 e. The molecule has 144 valence electrons. The minimum atomic E-state index is -0.815. The monoisotopic (exact) mass is 382 g/mol. The van der Waals surface area contributed by atoms with Gasteiger partial charge in [0.05, 0.1) is 27.0 Å². The number of barbiturate groups is 1. The lowest BCUT2D eigenvalue weighted by atomic mass is 10.1. The van der Waals surface area contributed by atoms with Gasteiger partial charge < -0.3 is 14.2 Å². The topological polar surface area (TPSA) is 94.2 Å². The molecule has 1 heterocycles. The van der Waals surface area contributed by atoms with E-state index in [2.05, 4.69) is 5.32 Å². The first-order valence-electron chi connectivity index (χ1n) is 8.26. The van der Waals surface area contributed by atoms with Crippen molar-refractivity contribution in [2.24, 2.45) is 0 Å². The van der Waals surface area contributed by atoms with E-state index in [1.165, 1.54) is 27.4 Å². The van der Waals surface area contributed by atoms with Crippen molar-refractivity contribution < 1.29 is 28.6 Å². The zero-order chi connectivity index (χ0) is 20.3. The van der Waals surface area contributed by atoms with E-state index in [0.29, 0.717) is 28.5 Å². The van der Waals surface area contributed by atoms with Gasteiger partial charge >= 0.3 is 6.03 Å². The fourth-order valence-electron chi connectivity index (χ4n) is 2.73.